The van der Waals surface area contributed by atoms with Crippen LogP contribution in [0.4, 0.5) is 28.8 Å². The van der Waals surface area contributed by atoms with E-state index in [2.05, 4.69) is 37.0 Å². The highest BCUT2D eigenvalue weighted by atomic mass is 35.5. The number of aromatic nitrogens is 4. The molecule has 3 aromatic rings. The van der Waals surface area contributed by atoms with Gasteiger partial charge in [0.05, 0.1) is 23.8 Å². The molecule has 0 aliphatic heterocycles. The van der Waals surface area contributed by atoms with Crippen molar-refractivity contribution in [1.82, 2.24) is 19.7 Å². The van der Waals surface area contributed by atoms with Gasteiger partial charge in [0.2, 0.25) is 5.95 Å². The summed E-state index contributed by atoms with van der Waals surface area (Å²) in [5.41, 5.74) is 1.69. The molecule has 3 N–H and O–H groups in total. The summed E-state index contributed by atoms with van der Waals surface area (Å²) < 4.78 is 27.2. The number of aryl methyl sites for hydroxylation is 1. The number of hydrogen-bond acceptors (Lipinski definition) is 7. The molecule has 0 amide bonds. The lowest BCUT2D eigenvalue weighted by Gasteiger charge is -2.11. The molecule has 3 rings (SSSR count). The zero-order valence-corrected chi connectivity index (χ0v) is 15.8. The van der Waals surface area contributed by atoms with Gasteiger partial charge in [-0.2, -0.15) is 10.1 Å². The van der Waals surface area contributed by atoms with Crippen LogP contribution >= 0.6 is 11.6 Å². The Morgan fingerprint density at radius 2 is 1.96 bits per heavy atom. The van der Waals surface area contributed by atoms with E-state index in [-0.39, 0.29) is 0 Å². The van der Waals surface area contributed by atoms with Crippen molar-refractivity contribution in [3.8, 4) is 0 Å². The van der Waals surface area contributed by atoms with E-state index in [1.165, 1.54) is 6.20 Å². The molecule has 0 aliphatic carbocycles. The van der Waals surface area contributed by atoms with Gasteiger partial charge in [0.15, 0.2) is 5.82 Å². The SMILES string of the molecule is C=CS(=O)(=O)Nc1cccc(Nc2nc(Nc3cnn(C)c3)ncc2Cl)c1. The van der Waals surface area contributed by atoms with Crippen molar-refractivity contribution in [3.05, 3.63) is 59.9 Å². The number of nitrogens with zero attached hydrogens (tertiary/aromatic N) is 4. The Morgan fingerprint density at radius 1 is 1.19 bits per heavy atom. The minimum atomic E-state index is -3.59. The summed E-state index contributed by atoms with van der Waals surface area (Å²) >= 11 is 6.17. The van der Waals surface area contributed by atoms with E-state index in [4.69, 9.17) is 11.6 Å². The lowest BCUT2D eigenvalue weighted by Crippen LogP contribution is -2.08. The van der Waals surface area contributed by atoms with Crippen LogP contribution in [0.25, 0.3) is 0 Å². The average molecular weight is 406 g/mol. The van der Waals surface area contributed by atoms with Crippen LogP contribution in [0.15, 0.2) is 54.8 Å². The Labute approximate surface area is 161 Å². The molecule has 0 saturated heterocycles. The van der Waals surface area contributed by atoms with Gasteiger partial charge in [-0.1, -0.05) is 24.2 Å². The lowest BCUT2D eigenvalue weighted by atomic mass is 10.3. The fourth-order valence-electron chi connectivity index (χ4n) is 2.13. The highest BCUT2D eigenvalue weighted by Crippen LogP contribution is 2.26. The molecular formula is C16H16ClN7O2S. The third-order valence-corrected chi connectivity index (χ3v) is 4.55. The number of benzene rings is 1. The van der Waals surface area contributed by atoms with Gasteiger partial charge < -0.3 is 10.6 Å². The van der Waals surface area contributed by atoms with Crippen molar-refractivity contribution >= 4 is 50.5 Å². The van der Waals surface area contributed by atoms with Crippen LogP contribution < -0.4 is 15.4 Å². The van der Waals surface area contributed by atoms with Crippen molar-refractivity contribution in [2.45, 2.75) is 0 Å². The molecule has 27 heavy (non-hydrogen) atoms. The van der Waals surface area contributed by atoms with Gasteiger partial charge in [-0.15, -0.1) is 0 Å². The topological polar surface area (TPSA) is 114 Å². The van der Waals surface area contributed by atoms with Crippen LogP contribution in [0, 0.1) is 0 Å². The third-order valence-electron chi connectivity index (χ3n) is 3.31. The van der Waals surface area contributed by atoms with Gasteiger partial charge in [-0.25, -0.2) is 13.4 Å². The molecule has 9 nitrogen and oxygen atoms in total. The van der Waals surface area contributed by atoms with Gasteiger partial charge in [0.25, 0.3) is 10.0 Å². The van der Waals surface area contributed by atoms with Crippen molar-refractivity contribution in [3.63, 3.8) is 0 Å². The smallest absolute Gasteiger partial charge is 0.254 e. The number of anilines is 5. The van der Waals surface area contributed by atoms with Gasteiger partial charge >= 0.3 is 0 Å². The predicted octanol–water partition coefficient (Wildman–Crippen LogP) is 3.24. The normalized spacial score (nSPS) is 11.0. The zero-order valence-electron chi connectivity index (χ0n) is 14.2. The van der Waals surface area contributed by atoms with Crippen LogP contribution in [-0.4, -0.2) is 28.2 Å². The number of rotatable bonds is 7. The monoisotopic (exact) mass is 405 g/mol. The van der Waals surface area contributed by atoms with E-state index >= 15 is 0 Å². The molecule has 0 radical (unpaired) electrons. The fraction of sp³-hybridized carbons (Fsp3) is 0.0625. The molecule has 2 aromatic heterocycles. The molecule has 0 bridgehead atoms. The molecule has 11 heteroatoms. The molecule has 0 atom stereocenters. The number of hydrogen-bond donors (Lipinski definition) is 3. The quantitative estimate of drug-likeness (QED) is 0.552. The summed E-state index contributed by atoms with van der Waals surface area (Å²) in [6, 6.07) is 6.66. The van der Waals surface area contributed by atoms with Gasteiger partial charge in [0, 0.05) is 24.3 Å². The first kappa shape index (κ1) is 18.7. The maximum atomic E-state index is 11.6. The number of nitrogens with one attached hydrogen (secondary N) is 3. The summed E-state index contributed by atoms with van der Waals surface area (Å²) in [6.07, 6.45) is 4.88. The van der Waals surface area contributed by atoms with E-state index in [1.54, 1.807) is 48.4 Å². The van der Waals surface area contributed by atoms with E-state index in [0.29, 0.717) is 28.2 Å². The predicted molar refractivity (Wildman–Crippen MR) is 106 cm³/mol. The second kappa shape index (κ2) is 7.64. The maximum Gasteiger partial charge on any atom is 0.254 e. The first-order valence-corrected chi connectivity index (χ1v) is 9.57. The Morgan fingerprint density at radius 3 is 2.67 bits per heavy atom. The van der Waals surface area contributed by atoms with Crippen molar-refractivity contribution in [1.29, 1.82) is 0 Å². The van der Waals surface area contributed by atoms with Crippen LogP contribution in [0.5, 0.6) is 0 Å². The highest BCUT2D eigenvalue weighted by molar-refractivity contribution is 7.95. The minimum absolute atomic E-state index is 0.309. The Bertz CT molecular complexity index is 1080. The van der Waals surface area contributed by atoms with Gasteiger partial charge in [-0.3, -0.25) is 9.40 Å². The summed E-state index contributed by atoms with van der Waals surface area (Å²) in [4.78, 5) is 8.46. The third kappa shape index (κ3) is 4.96. The van der Waals surface area contributed by atoms with Crippen molar-refractivity contribution < 1.29 is 8.42 Å². The van der Waals surface area contributed by atoms with Gasteiger partial charge in [-0.05, 0) is 18.2 Å². The Hall–Kier alpha value is -3.11. The number of halogens is 1. The Balaban J connectivity index is 1.81. The molecule has 0 saturated carbocycles. The zero-order chi connectivity index (χ0) is 19.4. The Kier molecular flexibility index (Phi) is 5.28. The molecule has 1 aromatic carbocycles. The van der Waals surface area contributed by atoms with Crippen LogP contribution in [0.2, 0.25) is 5.02 Å². The highest BCUT2D eigenvalue weighted by Gasteiger charge is 2.09. The second-order valence-corrected chi connectivity index (χ2v) is 7.47. The van der Waals surface area contributed by atoms with Crippen LogP contribution in [-0.2, 0) is 17.1 Å². The minimum Gasteiger partial charge on any atom is -0.339 e. The van der Waals surface area contributed by atoms with Crippen molar-refractivity contribution in [2.75, 3.05) is 15.4 Å². The van der Waals surface area contributed by atoms with Gasteiger partial charge in [0.1, 0.15) is 5.02 Å². The largest absolute Gasteiger partial charge is 0.339 e. The molecule has 2 heterocycles. The molecule has 0 unspecified atom stereocenters. The van der Waals surface area contributed by atoms with E-state index in [0.717, 1.165) is 11.1 Å². The second-order valence-electron chi connectivity index (χ2n) is 5.44. The molecular weight excluding hydrogens is 390 g/mol. The van der Waals surface area contributed by atoms with E-state index in [1.807, 2.05) is 0 Å². The van der Waals surface area contributed by atoms with E-state index in [9.17, 15) is 8.42 Å². The van der Waals surface area contributed by atoms with E-state index < -0.39 is 10.0 Å². The summed E-state index contributed by atoms with van der Waals surface area (Å²) in [5.74, 6) is 0.695. The van der Waals surface area contributed by atoms with Crippen LogP contribution in [0.3, 0.4) is 0 Å². The molecule has 0 aliphatic rings. The molecule has 140 valence electrons. The fourth-order valence-corrected chi connectivity index (χ4v) is 2.81. The van der Waals surface area contributed by atoms with Crippen LogP contribution in [0.1, 0.15) is 0 Å². The standard InChI is InChI=1S/C16H16ClN7O2S/c1-3-27(25,26)23-12-6-4-5-11(7-12)20-15-14(17)9-18-16(22-15)21-13-8-19-24(2)10-13/h3-10,23H,1H2,2H3,(H2,18,20,21,22). The maximum absolute atomic E-state index is 11.6. The summed E-state index contributed by atoms with van der Waals surface area (Å²) in [7, 11) is -1.79. The molecule has 0 spiro atoms. The van der Waals surface area contributed by atoms with Crippen molar-refractivity contribution in [2.24, 2.45) is 7.05 Å². The summed E-state index contributed by atoms with van der Waals surface area (Å²) in [5, 5.41) is 11.3. The average Bonchev–Trinajstić information content (AvgIpc) is 3.03. The first-order valence-electron chi connectivity index (χ1n) is 7.65. The first-order chi connectivity index (χ1) is 12.8. The lowest BCUT2D eigenvalue weighted by molar-refractivity contribution is 0.609. The number of sulfonamides is 1. The molecule has 0 fully saturated rings. The summed E-state index contributed by atoms with van der Waals surface area (Å²) in [6.45, 7) is 3.26.